The first-order chi connectivity index (χ1) is 12.4. The van der Waals surface area contributed by atoms with Gasteiger partial charge < -0.3 is 4.90 Å². The second-order valence-corrected chi connectivity index (χ2v) is 7.03. The zero-order valence-electron chi connectivity index (χ0n) is 14.7. The number of halogens is 1. The Morgan fingerprint density at radius 1 is 1.23 bits per heavy atom. The third-order valence-corrected chi connectivity index (χ3v) is 4.95. The standard InChI is InChI=1S/C19H20ClN3O3/c1-12-10-14(20)5-6-15(12)18(25)13-4-3-9-23(11-13)19(26)16-7-8-17(24)22(2)21-16/h5-8,10,13H,3-4,9,11H2,1-2H3. The average Bonchev–Trinajstić information content (AvgIpc) is 2.63. The highest BCUT2D eigenvalue weighted by Gasteiger charge is 2.30. The molecule has 1 atom stereocenters. The van der Waals surface area contributed by atoms with Crippen molar-refractivity contribution in [2.75, 3.05) is 13.1 Å². The highest BCUT2D eigenvalue weighted by Crippen LogP contribution is 2.25. The molecule has 1 amide bonds. The first-order valence-corrected chi connectivity index (χ1v) is 8.88. The fraction of sp³-hybridized carbons (Fsp3) is 0.368. The van der Waals surface area contributed by atoms with Crippen molar-refractivity contribution in [1.29, 1.82) is 0 Å². The molecular weight excluding hydrogens is 354 g/mol. The summed E-state index contributed by atoms with van der Waals surface area (Å²) in [5.74, 6) is -0.476. The molecular formula is C19H20ClN3O3. The number of aromatic nitrogens is 2. The van der Waals surface area contributed by atoms with Gasteiger partial charge in [0.25, 0.3) is 11.5 Å². The van der Waals surface area contributed by atoms with Gasteiger partial charge in [-0.05, 0) is 49.6 Å². The van der Waals surface area contributed by atoms with E-state index in [1.165, 1.54) is 19.2 Å². The quantitative estimate of drug-likeness (QED) is 0.775. The Balaban J connectivity index is 1.78. The maximum absolute atomic E-state index is 12.9. The van der Waals surface area contributed by atoms with Crippen molar-refractivity contribution in [1.82, 2.24) is 14.7 Å². The molecule has 1 fully saturated rings. The van der Waals surface area contributed by atoms with E-state index in [-0.39, 0.29) is 28.9 Å². The number of piperidine rings is 1. The summed E-state index contributed by atoms with van der Waals surface area (Å²) in [5, 5.41) is 4.61. The fourth-order valence-corrected chi connectivity index (χ4v) is 3.50. The minimum absolute atomic E-state index is 0.0325. The molecule has 0 saturated carbocycles. The van der Waals surface area contributed by atoms with Crippen LogP contribution in [0.4, 0.5) is 0 Å². The van der Waals surface area contributed by atoms with E-state index in [9.17, 15) is 14.4 Å². The number of Topliss-reactive ketones (excluding diaryl/α,β-unsaturated/α-hetero) is 1. The van der Waals surface area contributed by atoms with Crippen LogP contribution in [0.15, 0.2) is 35.1 Å². The summed E-state index contributed by atoms with van der Waals surface area (Å²) in [7, 11) is 1.50. The Labute approximate surface area is 156 Å². The molecule has 1 saturated heterocycles. The molecule has 2 heterocycles. The third-order valence-electron chi connectivity index (χ3n) is 4.71. The summed E-state index contributed by atoms with van der Waals surface area (Å²) in [6.07, 6.45) is 1.49. The van der Waals surface area contributed by atoms with E-state index < -0.39 is 0 Å². The van der Waals surface area contributed by atoms with Gasteiger partial charge in [-0.15, -0.1) is 0 Å². The van der Waals surface area contributed by atoms with E-state index in [1.807, 2.05) is 6.92 Å². The van der Waals surface area contributed by atoms with Crippen LogP contribution in [-0.4, -0.2) is 39.5 Å². The lowest BCUT2D eigenvalue weighted by Crippen LogP contribution is -2.43. The van der Waals surface area contributed by atoms with Crippen LogP contribution in [0.5, 0.6) is 0 Å². The van der Waals surface area contributed by atoms with Crippen molar-refractivity contribution in [2.24, 2.45) is 13.0 Å². The number of amides is 1. The van der Waals surface area contributed by atoms with Gasteiger partial charge in [-0.1, -0.05) is 11.6 Å². The Morgan fingerprint density at radius 2 is 2.00 bits per heavy atom. The average molecular weight is 374 g/mol. The summed E-state index contributed by atoms with van der Waals surface area (Å²) in [5.41, 5.74) is 1.42. The van der Waals surface area contributed by atoms with E-state index in [1.54, 1.807) is 23.1 Å². The van der Waals surface area contributed by atoms with Crippen molar-refractivity contribution in [3.05, 3.63) is 62.5 Å². The monoisotopic (exact) mass is 373 g/mol. The van der Waals surface area contributed by atoms with Crippen LogP contribution in [0.25, 0.3) is 0 Å². The number of benzene rings is 1. The molecule has 2 aromatic rings. The van der Waals surface area contributed by atoms with Gasteiger partial charge in [0.15, 0.2) is 5.78 Å². The summed E-state index contributed by atoms with van der Waals surface area (Å²) < 4.78 is 1.14. The number of carbonyl (C=O) groups excluding carboxylic acids is 2. The van der Waals surface area contributed by atoms with Crippen LogP contribution < -0.4 is 5.56 Å². The van der Waals surface area contributed by atoms with Gasteiger partial charge in [-0.25, -0.2) is 4.68 Å². The van der Waals surface area contributed by atoms with E-state index in [4.69, 9.17) is 11.6 Å². The number of nitrogens with zero attached hydrogens (tertiary/aromatic N) is 3. The summed E-state index contributed by atoms with van der Waals surface area (Å²) >= 11 is 5.97. The molecule has 1 unspecified atom stereocenters. The molecule has 1 aromatic carbocycles. The first kappa shape index (κ1) is 18.3. The van der Waals surface area contributed by atoms with Crippen molar-refractivity contribution >= 4 is 23.3 Å². The molecule has 0 spiro atoms. The number of carbonyl (C=O) groups is 2. The van der Waals surface area contributed by atoms with Gasteiger partial charge in [0.1, 0.15) is 5.69 Å². The first-order valence-electron chi connectivity index (χ1n) is 8.51. The van der Waals surface area contributed by atoms with Crippen LogP contribution in [0, 0.1) is 12.8 Å². The normalized spacial score (nSPS) is 17.2. The maximum Gasteiger partial charge on any atom is 0.274 e. The van der Waals surface area contributed by atoms with Crippen LogP contribution in [0.1, 0.15) is 39.3 Å². The van der Waals surface area contributed by atoms with Crippen LogP contribution in [0.2, 0.25) is 5.02 Å². The van der Waals surface area contributed by atoms with Gasteiger partial charge in [0, 0.05) is 42.7 Å². The zero-order chi connectivity index (χ0) is 18.8. The second-order valence-electron chi connectivity index (χ2n) is 6.59. The number of ketones is 1. The van der Waals surface area contributed by atoms with E-state index >= 15 is 0 Å². The minimum Gasteiger partial charge on any atom is -0.337 e. The Kier molecular flexibility index (Phi) is 5.23. The largest absolute Gasteiger partial charge is 0.337 e. The highest BCUT2D eigenvalue weighted by atomic mass is 35.5. The molecule has 3 rings (SSSR count). The molecule has 0 radical (unpaired) electrons. The SMILES string of the molecule is Cc1cc(Cl)ccc1C(=O)C1CCCN(C(=O)c2ccc(=O)n(C)n2)C1. The number of likely N-dealkylation sites (tertiary alicyclic amines) is 1. The molecule has 1 aromatic heterocycles. The number of hydrogen-bond acceptors (Lipinski definition) is 4. The van der Waals surface area contributed by atoms with E-state index in [0.717, 1.165) is 23.1 Å². The molecule has 7 heteroatoms. The minimum atomic E-state index is -0.272. The van der Waals surface area contributed by atoms with Crippen molar-refractivity contribution in [3.63, 3.8) is 0 Å². The summed E-state index contributed by atoms with van der Waals surface area (Å²) in [6, 6.07) is 7.98. The van der Waals surface area contributed by atoms with Crippen molar-refractivity contribution < 1.29 is 9.59 Å². The predicted molar refractivity (Wildman–Crippen MR) is 98.6 cm³/mol. The van der Waals surface area contributed by atoms with Crippen molar-refractivity contribution in [2.45, 2.75) is 19.8 Å². The van der Waals surface area contributed by atoms with Gasteiger partial charge in [-0.3, -0.25) is 14.4 Å². The lowest BCUT2D eigenvalue weighted by atomic mass is 9.88. The lowest BCUT2D eigenvalue weighted by molar-refractivity contribution is 0.0630. The summed E-state index contributed by atoms with van der Waals surface area (Å²) in [6.45, 7) is 2.79. The van der Waals surface area contributed by atoms with Gasteiger partial charge in [0.05, 0.1) is 0 Å². The van der Waals surface area contributed by atoms with E-state index in [0.29, 0.717) is 23.7 Å². The van der Waals surface area contributed by atoms with Crippen LogP contribution in [-0.2, 0) is 7.05 Å². The van der Waals surface area contributed by atoms with Crippen LogP contribution in [0.3, 0.4) is 0 Å². The zero-order valence-corrected chi connectivity index (χ0v) is 15.5. The maximum atomic E-state index is 12.9. The Morgan fingerprint density at radius 3 is 2.69 bits per heavy atom. The molecule has 1 aliphatic rings. The number of rotatable bonds is 3. The molecule has 6 nitrogen and oxygen atoms in total. The molecule has 0 bridgehead atoms. The van der Waals surface area contributed by atoms with Crippen LogP contribution >= 0.6 is 11.6 Å². The molecule has 1 aliphatic heterocycles. The number of hydrogen-bond donors (Lipinski definition) is 0. The second kappa shape index (κ2) is 7.41. The third kappa shape index (κ3) is 3.70. The summed E-state index contributed by atoms with van der Waals surface area (Å²) in [4.78, 5) is 38.7. The predicted octanol–water partition coefficient (Wildman–Crippen LogP) is 2.48. The highest BCUT2D eigenvalue weighted by molar-refractivity contribution is 6.30. The molecule has 26 heavy (non-hydrogen) atoms. The van der Waals surface area contributed by atoms with E-state index in [2.05, 4.69) is 5.10 Å². The number of aryl methyl sites for hydroxylation is 2. The smallest absolute Gasteiger partial charge is 0.274 e. The van der Waals surface area contributed by atoms with Gasteiger partial charge in [0.2, 0.25) is 0 Å². The molecule has 0 N–H and O–H groups in total. The Bertz CT molecular complexity index is 922. The Hall–Kier alpha value is -2.47. The van der Waals surface area contributed by atoms with Crippen molar-refractivity contribution in [3.8, 4) is 0 Å². The fourth-order valence-electron chi connectivity index (χ4n) is 3.28. The lowest BCUT2D eigenvalue weighted by Gasteiger charge is -2.32. The van der Waals surface area contributed by atoms with Gasteiger partial charge >= 0.3 is 0 Å². The topological polar surface area (TPSA) is 72.3 Å². The van der Waals surface area contributed by atoms with Gasteiger partial charge in [-0.2, -0.15) is 5.10 Å². The molecule has 136 valence electrons. The molecule has 0 aliphatic carbocycles.